The average Bonchev–Trinajstić information content (AvgIpc) is 3.20. The van der Waals surface area contributed by atoms with Crippen molar-refractivity contribution < 1.29 is 14.4 Å². The highest BCUT2D eigenvalue weighted by Crippen LogP contribution is 2.35. The van der Waals surface area contributed by atoms with Crippen molar-refractivity contribution in [2.45, 2.75) is 13.0 Å². The van der Waals surface area contributed by atoms with E-state index in [0.29, 0.717) is 22.0 Å². The number of carbonyl (C=O) groups is 2. The molecule has 2 unspecified atom stereocenters. The molecule has 4 rings (SSSR count). The number of amides is 2. The first-order chi connectivity index (χ1) is 11.5. The van der Waals surface area contributed by atoms with Gasteiger partial charge in [-0.3, -0.25) is 14.3 Å². The summed E-state index contributed by atoms with van der Waals surface area (Å²) in [7, 11) is 1.80. The smallest absolute Gasteiger partial charge is 0.278 e. The fourth-order valence-corrected chi connectivity index (χ4v) is 3.12. The predicted octanol–water partition coefficient (Wildman–Crippen LogP) is 1.67. The number of nitrogens with zero attached hydrogens (tertiary/aromatic N) is 4. The maximum Gasteiger partial charge on any atom is 0.278 e. The first-order valence-corrected chi connectivity index (χ1v) is 7.73. The monoisotopic (exact) mass is 344 g/mol. The van der Waals surface area contributed by atoms with Crippen molar-refractivity contribution in [2.24, 2.45) is 18.1 Å². The van der Waals surface area contributed by atoms with Gasteiger partial charge in [-0.15, -0.1) is 0 Å². The highest BCUT2D eigenvalue weighted by Gasteiger charge is 2.56. The lowest BCUT2D eigenvalue weighted by Crippen LogP contribution is -2.33. The van der Waals surface area contributed by atoms with Gasteiger partial charge in [-0.25, -0.2) is 4.90 Å². The lowest BCUT2D eigenvalue weighted by molar-refractivity contribution is -0.126. The van der Waals surface area contributed by atoms with Crippen LogP contribution in [0.3, 0.4) is 0 Å². The van der Waals surface area contributed by atoms with Crippen LogP contribution in [0, 0.1) is 12.8 Å². The molecular formula is C16H13ClN4O3. The predicted molar refractivity (Wildman–Crippen MR) is 86.8 cm³/mol. The van der Waals surface area contributed by atoms with Gasteiger partial charge in [-0.1, -0.05) is 16.8 Å². The maximum atomic E-state index is 12.9. The molecule has 2 aliphatic rings. The number of fused-ring (bicyclic) bond motifs is 1. The van der Waals surface area contributed by atoms with E-state index < -0.39 is 17.9 Å². The SMILES string of the molecule is Cc1c(C2=NOC3C(=O)N(c4ccc(Cl)cc4)C(=O)C23)cnn1C. The lowest BCUT2D eigenvalue weighted by atomic mass is 9.94. The third-order valence-corrected chi connectivity index (χ3v) is 4.66. The number of hydrogen-bond donors (Lipinski definition) is 0. The van der Waals surface area contributed by atoms with Gasteiger partial charge in [0, 0.05) is 23.3 Å². The fourth-order valence-electron chi connectivity index (χ4n) is 3.00. The van der Waals surface area contributed by atoms with Gasteiger partial charge in [0.2, 0.25) is 12.0 Å². The molecule has 0 bridgehead atoms. The van der Waals surface area contributed by atoms with Crippen molar-refractivity contribution in [2.75, 3.05) is 4.90 Å². The summed E-state index contributed by atoms with van der Waals surface area (Å²) in [5.41, 5.74) is 2.47. The quantitative estimate of drug-likeness (QED) is 0.777. The van der Waals surface area contributed by atoms with Gasteiger partial charge < -0.3 is 4.84 Å². The Bertz CT molecular complexity index is 887. The minimum absolute atomic E-state index is 0.355. The summed E-state index contributed by atoms with van der Waals surface area (Å²) in [5.74, 6) is -1.53. The van der Waals surface area contributed by atoms with Crippen LogP contribution >= 0.6 is 11.6 Å². The van der Waals surface area contributed by atoms with E-state index in [1.165, 1.54) is 0 Å². The molecule has 1 saturated heterocycles. The van der Waals surface area contributed by atoms with Crippen LogP contribution < -0.4 is 4.90 Å². The fraction of sp³-hybridized carbons (Fsp3) is 0.250. The van der Waals surface area contributed by atoms with Crippen molar-refractivity contribution in [3.8, 4) is 0 Å². The number of rotatable bonds is 2. The van der Waals surface area contributed by atoms with E-state index in [1.54, 1.807) is 42.2 Å². The molecule has 2 aromatic rings. The van der Waals surface area contributed by atoms with E-state index >= 15 is 0 Å². The molecule has 1 aromatic heterocycles. The molecule has 2 aliphatic heterocycles. The largest absolute Gasteiger partial charge is 0.381 e. The van der Waals surface area contributed by atoms with Crippen LogP contribution in [0.25, 0.3) is 0 Å². The topological polar surface area (TPSA) is 76.8 Å². The standard InChI is InChI=1S/C16H13ClN4O3/c1-8-11(7-18-20(8)2)13-12-14(24-19-13)16(23)21(15(12)22)10-5-3-9(17)4-6-10/h3-7,12,14H,1-2H3. The van der Waals surface area contributed by atoms with Crippen LogP contribution in [0.4, 0.5) is 5.69 Å². The minimum atomic E-state index is -0.928. The third-order valence-electron chi connectivity index (χ3n) is 4.41. The minimum Gasteiger partial charge on any atom is -0.381 e. The first kappa shape index (κ1) is 14.9. The molecular weight excluding hydrogens is 332 g/mol. The Labute approximate surface area is 142 Å². The van der Waals surface area contributed by atoms with Crippen LogP contribution in [0.5, 0.6) is 0 Å². The zero-order valence-electron chi connectivity index (χ0n) is 12.9. The molecule has 0 radical (unpaired) electrons. The molecule has 24 heavy (non-hydrogen) atoms. The summed E-state index contributed by atoms with van der Waals surface area (Å²) in [5, 5.41) is 8.67. The van der Waals surface area contributed by atoms with Gasteiger partial charge in [-0.2, -0.15) is 5.10 Å². The van der Waals surface area contributed by atoms with E-state index in [9.17, 15) is 9.59 Å². The summed E-state index contributed by atoms with van der Waals surface area (Å²) in [6.45, 7) is 1.87. The van der Waals surface area contributed by atoms with Gasteiger partial charge in [0.15, 0.2) is 0 Å². The molecule has 122 valence electrons. The summed E-state index contributed by atoms with van der Waals surface area (Å²) < 4.78 is 1.68. The second kappa shape index (κ2) is 5.17. The molecule has 7 nitrogen and oxygen atoms in total. The van der Waals surface area contributed by atoms with Crippen molar-refractivity contribution in [3.63, 3.8) is 0 Å². The summed E-state index contributed by atoms with van der Waals surface area (Å²) in [6, 6.07) is 6.52. The van der Waals surface area contributed by atoms with Crippen LogP contribution in [0.2, 0.25) is 5.02 Å². The number of imide groups is 1. The average molecular weight is 345 g/mol. The normalized spacial score (nSPS) is 22.6. The maximum absolute atomic E-state index is 12.9. The summed E-state index contributed by atoms with van der Waals surface area (Å²) >= 11 is 5.87. The van der Waals surface area contributed by atoms with Gasteiger partial charge >= 0.3 is 0 Å². The molecule has 8 heteroatoms. The number of halogens is 1. The van der Waals surface area contributed by atoms with E-state index in [2.05, 4.69) is 10.3 Å². The number of oxime groups is 1. The van der Waals surface area contributed by atoms with Crippen LogP contribution in [-0.2, 0) is 21.5 Å². The molecule has 1 fully saturated rings. The Morgan fingerprint density at radius 3 is 2.50 bits per heavy atom. The number of benzene rings is 1. The molecule has 1 aromatic carbocycles. The number of carbonyl (C=O) groups excluding carboxylic acids is 2. The third kappa shape index (κ3) is 1.98. The van der Waals surface area contributed by atoms with Gasteiger partial charge in [0.05, 0.1) is 11.9 Å². The van der Waals surface area contributed by atoms with Gasteiger partial charge in [-0.05, 0) is 31.2 Å². The highest BCUT2D eigenvalue weighted by atomic mass is 35.5. The van der Waals surface area contributed by atoms with E-state index in [0.717, 1.165) is 10.6 Å². The lowest BCUT2D eigenvalue weighted by Gasteiger charge is -2.15. The Hall–Kier alpha value is -2.67. The number of aromatic nitrogens is 2. The molecule has 0 N–H and O–H groups in total. The molecule has 0 aliphatic carbocycles. The number of hydrogen-bond acceptors (Lipinski definition) is 5. The van der Waals surface area contributed by atoms with Crippen LogP contribution in [-0.4, -0.2) is 33.4 Å². The molecule has 2 atom stereocenters. The van der Waals surface area contributed by atoms with Crippen molar-refractivity contribution in [1.82, 2.24) is 9.78 Å². The second-order valence-electron chi connectivity index (χ2n) is 5.74. The van der Waals surface area contributed by atoms with Crippen molar-refractivity contribution in [1.29, 1.82) is 0 Å². The zero-order chi connectivity index (χ0) is 17.0. The van der Waals surface area contributed by atoms with Crippen molar-refractivity contribution >= 4 is 34.8 Å². The second-order valence-corrected chi connectivity index (χ2v) is 6.17. The Morgan fingerprint density at radius 1 is 1.17 bits per heavy atom. The highest BCUT2D eigenvalue weighted by molar-refractivity contribution is 6.33. The first-order valence-electron chi connectivity index (χ1n) is 7.35. The van der Waals surface area contributed by atoms with Gasteiger partial charge in [0.1, 0.15) is 11.6 Å². The van der Waals surface area contributed by atoms with Crippen molar-refractivity contribution in [3.05, 3.63) is 46.7 Å². The Kier molecular flexibility index (Phi) is 3.21. The Balaban J connectivity index is 1.72. The van der Waals surface area contributed by atoms with E-state index in [1.807, 2.05) is 6.92 Å². The molecule has 0 spiro atoms. The number of anilines is 1. The summed E-state index contributed by atoms with van der Waals surface area (Å²) in [6.07, 6.45) is 0.700. The van der Waals surface area contributed by atoms with Crippen LogP contribution in [0.1, 0.15) is 11.3 Å². The van der Waals surface area contributed by atoms with E-state index in [-0.39, 0.29) is 5.91 Å². The van der Waals surface area contributed by atoms with Gasteiger partial charge in [0.25, 0.3) is 5.91 Å². The number of aryl methyl sites for hydroxylation is 1. The van der Waals surface area contributed by atoms with E-state index in [4.69, 9.17) is 16.4 Å². The Morgan fingerprint density at radius 2 is 1.88 bits per heavy atom. The summed E-state index contributed by atoms with van der Waals surface area (Å²) in [4.78, 5) is 31.9. The molecule has 2 amide bonds. The van der Waals surface area contributed by atoms with Crippen LogP contribution in [0.15, 0.2) is 35.6 Å². The molecule has 3 heterocycles. The zero-order valence-corrected chi connectivity index (χ0v) is 13.7. The molecule has 0 saturated carbocycles.